The van der Waals surface area contributed by atoms with Gasteiger partial charge in [0.2, 0.25) is 0 Å². The number of rotatable bonds is 5. The Bertz CT molecular complexity index is 368. The number of thioether (sulfide) groups is 1. The maximum absolute atomic E-state index is 9.60. The lowest BCUT2D eigenvalue weighted by atomic mass is 9.76. The predicted molar refractivity (Wildman–Crippen MR) is 73.4 cm³/mol. The summed E-state index contributed by atoms with van der Waals surface area (Å²) in [6.45, 7) is 2.89. The van der Waals surface area contributed by atoms with Crippen molar-refractivity contribution < 1.29 is 5.11 Å². The highest BCUT2D eigenvalue weighted by atomic mass is 32.2. The van der Waals surface area contributed by atoms with E-state index in [4.69, 9.17) is 5.73 Å². The topological polar surface area (TPSA) is 46.2 Å². The molecule has 0 spiro atoms. The molecule has 0 fully saturated rings. The summed E-state index contributed by atoms with van der Waals surface area (Å²) < 4.78 is 0. The van der Waals surface area contributed by atoms with Gasteiger partial charge in [-0.15, -0.1) is 11.8 Å². The van der Waals surface area contributed by atoms with E-state index in [-0.39, 0.29) is 12.0 Å². The Hall–Kier alpha value is -0.510. The van der Waals surface area contributed by atoms with E-state index in [2.05, 4.69) is 31.2 Å². The summed E-state index contributed by atoms with van der Waals surface area (Å²) in [7, 11) is 0. The van der Waals surface area contributed by atoms with Gasteiger partial charge >= 0.3 is 0 Å². The van der Waals surface area contributed by atoms with Crippen LogP contribution < -0.4 is 5.73 Å². The monoisotopic (exact) mass is 251 g/mol. The van der Waals surface area contributed by atoms with Gasteiger partial charge in [-0.1, -0.05) is 25.1 Å². The van der Waals surface area contributed by atoms with Gasteiger partial charge in [0.15, 0.2) is 0 Å². The van der Waals surface area contributed by atoms with Gasteiger partial charge < -0.3 is 10.8 Å². The van der Waals surface area contributed by atoms with Crippen LogP contribution in [0.2, 0.25) is 0 Å². The smallest absolute Gasteiger partial charge is 0.0499 e. The Morgan fingerprint density at radius 3 is 2.88 bits per heavy atom. The number of benzene rings is 1. The van der Waals surface area contributed by atoms with E-state index in [9.17, 15) is 5.11 Å². The van der Waals surface area contributed by atoms with Crippen molar-refractivity contribution in [3.63, 3.8) is 0 Å². The average molecular weight is 251 g/mol. The normalized spacial score (nSPS) is 22.2. The van der Waals surface area contributed by atoms with E-state index in [1.165, 1.54) is 10.5 Å². The van der Waals surface area contributed by atoms with E-state index < -0.39 is 0 Å². The minimum absolute atomic E-state index is 0.0946. The van der Waals surface area contributed by atoms with Crippen molar-refractivity contribution >= 4 is 11.8 Å². The van der Waals surface area contributed by atoms with Gasteiger partial charge in [0.25, 0.3) is 0 Å². The Kier molecular flexibility index (Phi) is 4.13. The van der Waals surface area contributed by atoms with E-state index in [0.717, 1.165) is 18.6 Å². The summed E-state index contributed by atoms with van der Waals surface area (Å²) in [6, 6.07) is 8.60. The average Bonchev–Trinajstić information content (AvgIpc) is 2.79. The molecule has 3 N–H and O–H groups in total. The minimum Gasteiger partial charge on any atom is -0.396 e. The summed E-state index contributed by atoms with van der Waals surface area (Å²) in [5.74, 6) is 1.67. The molecule has 2 rings (SSSR count). The molecule has 1 aliphatic heterocycles. The van der Waals surface area contributed by atoms with E-state index in [0.29, 0.717) is 12.5 Å². The number of hydrogen-bond acceptors (Lipinski definition) is 3. The second-order valence-corrected chi connectivity index (χ2v) is 6.03. The molecule has 1 aromatic rings. The third-order valence-corrected chi connectivity index (χ3v) is 5.25. The van der Waals surface area contributed by atoms with Crippen molar-refractivity contribution in [3.8, 4) is 0 Å². The first kappa shape index (κ1) is 12.9. The lowest BCUT2D eigenvalue weighted by molar-refractivity contribution is 0.112. The van der Waals surface area contributed by atoms with Crippen LogP contribution in [-0.4, -0.2) is 24.0 Å². The van der Waals surface area contributed by atoms with Crippen LogP contribution in [0.4, 0.5) is 0 Å². The Morgan fingerprint density at radius 1 is 1.47 bits per heavy atom. The number of hydrogen-bond donors (Lipinski definition) is 2. The largest absolute Gasteiger partial charge is 0.396 e. The van der Waals surface area contributed by atoms with Crippen LogP contribution in [-0.2, 0) is 0 Å². The molecule has 94 valence electrons. The summed E-state index contributed by atoms with van der Waals surface area (Å²) in [5, 5.41) is 9.60. The van der Waals surface area contributed by atoms with Crippen LogP contribution in [0.1, 0.15) is 31.2 Å². The highest BCUT2D eigenvalue weighted by Crippen LogP contribution is 2.45. The van der Waals surface area contributed by atoms with Crippen molar-refractivity contribution in [3.05, 3.63) is 29.8 Å². The van der Waals surface area contributed by atoms with Crippen LogP contribution in [0, 0.1) is 5.41 Å². The third-order valence-electron chi connectivity index (χ3n) is 4.00. The van der Waals surface area contributed by atoms with Crippen molar-refractivity contribution in [2.75, 3.05) is 18.9 Å². The Balaban J connectivity index is 2.16. The number of fused-ring (bicyclic) bond motifs is 1. The maximum Gasteiger partial charge on any atom is 0.0499 e. The molecule has 17 heavy (non-hydrogen) atoms. The molecule has 0 radical (unpaired) electrons. The second kappa shape index (κ2) is 5.42. The molecule has 0 amide bonds. The van der Waals surface area contributed by atoms with Crippen LogP contribution in [0.25, 0.3) is 0 Å². The fourth-order valence-corrected chi connectivity index (χ4v) is 3.79. The summed E-state index contributed by atoms with van der Waals surface area (Å²) in [5.41, 5.74) is 7.21. The minimum atomic E-state index is -0.0946. The fraction of sp³-hybridized carbons (Fsp3) is 0.571. The summed E-state index contributed by atoms with van der Waals surface area (Å²) >= 11 is 1.93. The van der Waals surface area contributed by atoms with Crippen LogP contribution in [0.3, 0.4) is 0 Å². The lowest BCUT2D eigenvalue weighted by Gasteiger charge is -2.32. The SMILES string of the molecule is CCC(CN)(CO)CC1CSc2ccccc21. The van der Waals surface area contributed by atoms with Crippen LogP contribution >= 0.6 is 11.8 Å². The summed E-state index contributed by atoms with van der Waals surface area (Å²) in [6.07, 6.45) is 1.95. The Labute approximate surface area is 108 Å². The van der Waals surface area contributed by atoms with Gasteiger partial charge in [-0.2, -0.15) is 0 Å². The van der Waals surface area contributed by atoms with Gasteiger partial charge in [-0.25, -0.2) is 0 Å². The lowest BCUT2D eigenvalue weighted by Crippen LogP contribution is -2.35. The van der Waals surface area contributed by atoms with Crippen molar-refractivity contribution in [1.29, 1.82) is 0 Å². The van der Waals surface area contributed by atoms with E-state index in [1.807, 2.05) is 11.8 Å². The highest BCUT2D eigenvalue weighted by Gasteiger charge is 2.33. The van der Waals surface area contributed by atoms with Crippen molar-refractivity contribution in [2.45, 2.75) is 30.6 Å². The van der Waals surface area contributed by atoms with Gasteiger partial charge in [0, 0.05) is 29.2 Å². The number of aliphatic hydroxyl groups is 1. The van der Waals surface area contributed by atoms with Gasteiger partial charge in [-0.3, -0.25) is 0 Å². The molecule has 0 aliphatic carbocycles. The predicted octanol–water partition coefficient (Wildman–Crippen LogP) is 2.61. The molecule has 3 heteroatoms. The molecule has 2 nitrogen and oxygen atoms in total. The fourth-order valence-electron chi connectivity index (χ4n) is 2.53. The maximum atomic E-state index is 9.60. The first-order valence-electron chi connectivity index (χ1n) is 6.27. The molecule has 2 atom stereocenters. The van der Waals surface area contributed by atoms with Crippen LogP contribution in [0.5, 0.6) is 0 Å². The second-order valence-electron chi connectivity index (χ2n) is 4.97. The molecule has 0 bridgehead atoms. The van der Waals surface area contributed by atoms with Gasteiger partial charge in [-0.05, 0) is 30.4 Å². The van der Waals surface area contributed by atoms with Gasteiger partial charge in [0.05, 0.1) is 0 Å². The first-order valence-corrected chi connectivity index (χ1v) is 7.26. The molecule has 1 aromatic carbocycles. The number of nitrogens with two attached hydrogens (primary N) is 1. The van der Waals surface area contributed by atoms with Crippen molar-refractivity contribution in [2.24, 2.45) is 11.1 Å². The molecule has 0 saturated heterocycles. The highest BCUT2D eigenvalue weighted by molar-refractivity contribution is 7.99. The standard InChI is InChI=1S/C14H21NOS/c1-2-14(9-15,10-16)7-11-8-17-13-6-4-3-5-12(11)13/h3-6,11,16H,2,7-10,15H2,1H3. The first-order chi connectivity index (χ1) is 8.24. The van der Waals surface area contributed by atoms with E-state index >= 15 is 0 Å². The molecular weight excluding hydrogens is 230 g/mol. The van der Waals surface area contributed by atoms with Crippen molar-refractivity contribution in [1.82, 2.24) is 0 Å². The number of aliphatic hydroxyl groups excluding tert-OH is 1. The molecule has 1 aliphatic rings. The third kappa shape index (κ3) is 2.51. The molecular formula is C14H21NOS. The molecule has 1 heterocycles. The van der Waals surface area contributed by atoms with Crippen LogP contribution in [0.15, 0.2) is 29.2 Å². The molecule has 2 unspecified atom stereocenters. The molecule has 0 saturated carbocycles. The molecule has 0 aromatic heterocycles. The Morgan fingerprint density at radius 2 is 2.24 bits per heavy atom. The zero-order valence-electron chi connectivity index (χ0n) is 10.4. The van der Waals surface area contributed by atoms with Gasteiger partial charge in [0.1, 0.15) is 0 Å². The quantitative estimate of drug-likeness (QED) is 0.845. The van der Waals surface area contributed by atoms with E-state index in [1.54, 1.807) is 0 Å². The zero-order chi connectivity index (χ0) is 12.3. The zero-order valence-corrected chi connectivity index (χ0v) is 11.2. The summed E-state index contributed by atoms with van der Waals surface area (Å²) in [4.78, 5) is 1.40.